The number of ether oxygens (including phenoxy) is 1. The minimum atomic E-state index is -0.510. The van der Waals surface area contributed by atoms with Crippen molar-refractivity contribution >= 4 is 39.7 Å². The summed E-state index contributed by atoms with van der Waals surface area (Å²) < 4.78 is 6.34. The number of thiophene rings is 1. The molecule has 2 aliphatic rings. The van der Waals surface area contributed by atoms with Crippen molar-refractivity contribution in [2.24, 2.45) is 5.92 Å². The van der Waals surface area contributed by atoms with Crippen molar-refractivity contribution in [1.82, 2.24) is 10.2 Å². The number of rotatable bonds is 7. The Kier molecular flexibility index (Phi) is 10.8. The summed E-state index contributed by atoms with van der Waals surface area (Å²) in [6.45, 7) is 11.1. The minimum Gasteiger partial charge on any atom is -0.464 e. The molecule has 2 amide bonds. The van der Waals surface area contributed by atoms with Gasteiger partial charge in [-0.1, -0.05) is 59.2 Å². The third-order valence-electron chi connectivity index (χ3n) is 6.13. The normalized spacial score (nSPS) is 18.0. The first-order chi connectivity index (χ1) is 16.0. The van der Waals surface area contributed by atoms with E-state index in [0.717, 1.165) is 38.6 Å². The van der Waals surface area contributed by atoms with E-state index in [1.54, 1.807) is 0 Å². The minimum absolute atomic E-state index is 0.101. The Labute approximate surface area is 201 Å². The van der Waals surface area contributed by atoms with E-state index in [2.05, 4.69) is 34.5 Å². The molecule has 1 N–H and O–H groups in total. The number of nitrogens with one attached hydrogen (secondary N) is 1. The molecule has 182 valence electrons. The summed E-state index contributed by atoms with van der Waals surface area (Å²) in [5.74, 6) is 0.107. The van der Waals surface area contributed by atoms with Crippen LogP contribution < -0.4 is 5.32 Å². The lowest BCUT2D eigenvalue weighted by molar-refractivity contribution is -0.148. The van der Waals surface area contributed by atoms with Crippen LogP contribution >= 0.6 is 11.3 Å². The molecule has 0 saturated carbocycles. The third kappa shape index (κ3) is 6.34. The van der Waals surface area contributed by atoms with Gasteiger partial charge in [0, 0.05) is 22.5 Å². The number of nitrogens with zero attached hydrogens (tertiary/aromatic N) is 1. The Morgan fingerprint density at radius 2 is 2.00 bits per heavy atom. The Balaban J connectivity index is 0.000000223. The molecule has 1 fully saturated rings. The Bertz CT molecular complexity index is 926. The lowest BCUT2D eigenvalue weighted by atomic mass is 9.99. The van der Waals surface area contributed by atoms with Crippen molar-refractivity contribution < 1.29 is 19.1 Å². The molecule has 7 heteroatoms. The van der Waals surface area contributed by atoms with Crippen LogP contribution in [0, 0.1) is 5.92 Å². The first-order valence-corrected chi connectivity index (χ1v) is 13.0. The van der Waals surface area contributed by atoms with Crippen LogP contribution in [0.25, 0.3) is 10.1 Å². The average molecular weight is 475 g/mol. The van der Waals surface area contributed by atoms with Crippen molar-refractivity contribution in [3.63, 3.8) is 0 Å². The fraction of sp³-hybridized carbons (Fsp3) is 0.577. The highest BCUT2D eigenvalue weighted by Crippen LogP contribution is 2.45. The van der Waals surface area contributed by atoms with Crippen LogP contribution in [0.1, 0.15) is 76.8 Å². The topological polar surface area (TPSA) is 75.7 Å². The highest BCUT2D eigenvalue weighted by Gasteiger charge is 2.37. The molecule has 2 aromatic rings. The molecule has 0 radical (unpaired) electrons. The van der Waals surface area contributed by atoms with Crippen LogP contribution in [-0.2, 0) is 25.5 Å². The van der Waals surface area contributed by atoms with E-state index >= 15 is 0 Å². The van der Waals surface area contributed by atoms with Crippen LogP contribution in [0.15, 0.2) is 24.3 Å². The summed E-state index contributed by atoms with van der Waals surface area (Å²) in [5.41, 5.74) is 1.50. The van der Waals surface area contributed by atoms with E-state index in [4.69, 9.17) is 4.74 Å². The van der Waals surface area contributed by atoms with Gasteiger partial charge in [0.1, 0.15) is 6.04 Å². The fourth-order valence-electron chi connectivity index (χ4n) is 4.23. The van der Waals surface area contributed by atoms with Crippen LogP contribution in [0.5, 0.6) is 0 Å². The van der Waals surface area contributed by atoms with Gasteiger partial charge in [-0.25, -0.2) is 4.79 Å². The van der Waals surface area contributed by atoms with Gasteiger partial charge in [-0.05, 0) is 42.2 Å². The van der Waals surface area contributed by atoms with Crippen molar-refractivity contribution in [1.29, 1.82) is 0 Å². The van der Waals surface area contributed by atoms with Gasteiger partial charge in [-0.2, -0.15) is 0 Å². The van der Waals surface area contributed by atoms with E-state index in [0.29, 0.717) is 25.0 Å². The maximum absolute atomic E-state index is 11.8. The number of carbonyl (C=O) groups excluding carboxylic acids is 3. The average Bonchev–Trinajstić information content (AvgIpc) is 3.42. The van der Waals surface area contributed by atoms with Gasteiger partial charge in [0.2, 0.25) is 12.3 Å². The lowest BCUT2D eigenvalue weighted by Crippen LogP contribution is -2.42. The SMILES string of the molecule is CC.CCCOC(=O)C(NC=O)C(C)CC.O=C1CCC2c3sc4ccccc4c3CCN12. The molecule has 4 rings (SSSR count). The van der Waals surface area contributed by atoms with Crippen molar-refractivity contribution in [2.75, 3.05) is 13.2 Å². The van der Waals surface area contributed by atoms with E-state index in [1.807, 2.05) is 46.0 Å². The summed E-state index contributed by atoms with van der Waals surface area (Å²) in [6, 6.07) is 8.49. The first-order valence-electron chi connectivity index (χ1n) is 12.2. The number of amides is 2. The predicted octanol–water partition coefficient (Wildman–Crippen LogP) is 5.25. The first kappa shape index (κ1) is 26.8. The van der Waals surface area contributed by atoms with Crippen LogP contribution in [0.4, 0.5) is 0 Å². The van der Waals surface area contributed by atoms with Gasteiger partial charge >= 0.3 is 5.97 Å². The molecule has 1 aromatic heterocycles. The van der Waals surface area contributed by atoms with Gasteiger partial charge < -0.3 is 15.0 Å². The molecule has 0 bridgehead atoms. The van der Waals surface area contributed by atoms with Crippen LogP contribution in [0.2, 0.25) is 0 Å². The smallest absolute Gasteiger partial charge is 0.328 e. The van der Waals surface area contributed by atoms with Gasteiger partial charge in [-0.15, -0.1) is 11.3 Å². The molecule has 0 aliphatic carbocycles. The molecule has 6 nitrogen and oxygen atoms in total. The molecule has 3 atom stereocenters. The molecular weight excluding hydrogens is 436 g/mol. The Morgan fingerprint density at radius 3 is 2.67 bits per heavy atom. The standard InChI is InChI=1S/C14H13NOS.C10H19NO3.C2H6/c16-13-6-5-11-14-10(7-8-15(11)13)9-3-1-2-4-12(9)17-14;1-4-6-14-10(13)9(11-7-12)8(3)5-2;1-2/h1-4,11H,5-8H2;7-9H,4-6H2,1-3H3,(H,11,12);1-2H3. The van der Waals surface area contributed by atoms with Crippen molar-refractivity contribution in [3.8, 4) is 0 Å². The van der Waals surface area contributed by atoms with Gasteiger partial charge in [0.25, 0.3) is 0 Å². The van der Waals surface area contributed by atoms with Crippen LogP contribution in [-0.4, -0.2) is 42.4 Å². The highest BCUT2D eigenvalue weighted by atomic mass is 32.1. The molecule has 3 heterocycles. The number of benzene rings is 1. The summed E-state index contributed by atoms with van der Waals surface area (Å²) in [7, 11) is 0. The zero-order chi connectivity index (χ0) is 24.4. The van der Waals surface area contributed by atoms with Crippen LogP contribution in [0.3, 0.4) is 0 Å². The van der Waals surface area contributed by atoms with Gasteiger partial charge in [0.15, 0.2) is 0 Å². The maximum atomic E-state index is 11.8. The van der Waals surface area contributed by atoms with Crippen molar-refractivity contribution in [3.05, 3.63) is 34.7 Å². The molecule has 33 heavy (non-hydrogen) atoms. The zero-order valence-electron chi connectivity index (χ0n) is 20.6. The Morgan fingerprint density at radius 1 is 1.27 bits per heavy atom. The molecule has 1 saturated heterocycles. The van der Waals surface area contributed by atoms with Crippen molar-refractivity contribution in [2.45, 2.75) is 78.8 Å². The monoisotopic (exact) mass is 474 g/mol. The highest BCUT2D eigenvalue weighted by molar-refractivity contribution is 7.19. The zero-order valence-corrected chi connectivity index (χ0v) is 21.4. The van der Waals surface area contributed by atoms with Gasteiger partial charge in [0.05, 0.1) is 12.6 Å². The lowest BCUT2D eigenvalue weighted by Gasteiger charge is -2.29. The molecule has 3 unspecified atom stereocenters. The summed E-state index contributed by atoms with van der Waals surface area (Å²) in [5, 5.41) is 3.90. The van der Waals surface area contributed by atoms with E-state index in [-0.39, 0.29) is 11.9 Å². The Hall–Kier alpha value is -2.41. The summed E-state index contributed by atoms with van der Waals surface area (Å²) in [6.07, 6.45) is 4.94. The number of esters is 1. The van der Waals surface area contributed by atoms with E-state index < -0.39 is 6.04 Å². The number of hydrogen-bond donors (Lipinski definition) is 1. The maximum Gasteiger partial charge on any atom is 0.328 e. The number of fused-ring (bicyclic) bond motifs is 5. The van der Waals surface area contributed by atoms with E-state index in [9.17, 15) is 14.4 Å². The molecular formula is C26H38N2O4S. The largest absolute Gasteiger partial charge is 0.464 e. The summed E-state index contributed by atoms with van der Waals surface area (Å²) in [4.78, 5) is 37.0. The molecule has 0 spiro atoms. The fourth-order valence-corrected chi connectivity index (χ4v) is 5.63. The second-order valence-electron chi connectivity index (χ2n) is 8.15. The summed E-state index contributed by atoms with van der Waals surface area (Å²) >= 11 is 1.88. The number of carbonyl (C=O) groups is 3. The second kappa shape index (κ2) is 13.3. The second-order valence-corrected chi connectivity index (χ2v) is 9.23. The third-order valence-corrected chi connectivity index (χ3v) is 7.44. The molecule has 2 aliphatic heterocycles. The predicted molar refractivity (Wildman–Crippen MR) is 134 cm³/mol. The quantitative estimate of drug-likeness (QED) is 0.439. The van der Waals surface area contributed by atoms with Gasteiger partial charge in [-0.3, -0.25) is 9.59 Å². The molecule has 1 aromatic carbocycles. The van der Waals surface area contributed by atoms with E-state index in [1.165, 1.54) is 20.5 Å². The number of hydrogen-bond acceptors (Lipinski definition) is 5.